The quantitative estimate of drug-likeness (QED) is 0.506. The van der Waals surface area contributed by atoms with Crippen molar-refractivity contribution in [2.45, 2.75) is 0 Å². The first-order valence-electron chi connectivity index (χ1n) is 5.15. The highest BCUT2D eigenvalue weighted by atomic mass is 35.5. The summed E-state index contributed by atoms with van der Waals surface area (Å²) in [7, 11) is 0. The van der Waals surface area contributed by atoms with Gasteiger partial charge in [0.1, 0.15) is 17.4 Å². The maximum atomic E-state index is 11.9. The maximum absolute atomic E-state index is 11.9. The molecule has 0 unspecified atom stereocenters. The lowest BCUT2D eigenvalue weighted by atomic mass is 10.2. The number of alkyl halides is 1. The van der Waals surface area contributed by atoms with Gasteiger partial charge in [0.05, 0.1) is 16.8 Å². The molecule has 0 bridgehead atoms. The van der Waals surface area contributed by atoms with Gasteiger partial charge in [0.15, 0.2) is 5.82 Å². The summed E-state index contributed by atoms with van der Waals surface area (Å²) >= 11 is 11.3. The lowest BCUT2D eigenvalue weighted by molar-refractivity contribution is 0.419. The Morgan fingerprint density at radius 3 is 2.89 bits per heavy atom. The SMILES string of the molecule is N#CC(=C(O)CCl)c1nc2cc(Cl)ccc2c(=O)[nH]1. The summed E-state index contributed by atoms with van der Waals surface area (Å²) < 4.78 is 0. The van der Waals surface area contributed by atoms with Crippen LogP contribution < -0.4 is 5.56 Å². The minimum Gasteiger partial charge on any atom is -0.510 e. The van der Waals surface area contributed by atoms with Crippen molar-refractivity contribution in [2.75, 3.05) is 5.88 Å². The van der Waals surface area contributed by atoms with Crippen LogP contribution in [0.15, 0.2) is 28.8 Å². The number of aromatic amines is 1. The van der Waals surface area contributed by atoms with E-state index < -0.39 is 5.56 Å². The van der Waals surface area contributed by atoms with Gasteiger partial charge in [-0.2, -0.15) is 5.26 Å². The Balaban J connectivity index is 2.77. The molecule has 2 aromatic rings. The summed E-state index contributed by atoms with van der Waals surface area (Å²) in [5.41, 5.74) is -0.262. The Bertz CT molecular complexity index is 775. The summed E-state index contributed by atoms with van der Waals surface area (Å²) in [4.78, 5) is 18.4. The van der Waals surface area contributed by atoms with Crippen molar-refractivity contribution in [1.82, 2.24) is 9.97 Å². The van der Waals surface area contributed by atoms with Crippen molar-refractivity contribution in [3.8, 4) is 6.07 Å². The molecule has 1 heterocycles. The van der Waals surface area contributed by atoms with Crippen LogP contribution in [0, 0.1) is 11.3 Å². The summed E-state index contributed by atoms with van der Waals surface area (Å²) in [5, 5.41) is 19.3. The molecule has 0 spiro atoms. The third kappa shape index (κ3) is 2.55. The van der Waals surface area contributed by atoms with Gasteiger partial charge < -0.3 is 10.1 Å². The molecule has 1 aromatic heterocycles. The lowest BCUT2D eigenvalue weighted by Crippen LogP contribution is -2.12. The molecule has 0 aliphatic carbocycles. The fraction of sp³-hybridized carbons (Fsp3) is 0.0833. The van der Waals surface area contributed by atoms with Gasteiger partial charge in [0.25, 0.3) is 5.56 Å². The Kier molecular flexibility index (Phi) is 3.74. The third-order valence-corrected chi connectivity index (χ3v) is 2.92. The van der Waals surface area contributed by atoms with E-state index in [4.69, 9.17) is 28.5 Å². The van der Waals surface area contributed by atoms with Crippen LogP contribution in [-0.4, -0.2) is 21.0 Å². The number of allylic oxidation sites excluding steroid dienone is 2. The molecule has 19 heavy (non-hydrogen) atoms. The lowest BCUT2D eigenvalue weighted by Gasteiger charge is -2.03. The predicted molar refractivity (Wildman–Crippen MR) is 73.3 cm³/mol. The number of aliphatic hydroxyl groups is 1. The molecule has 0 radical (unpaired) electrons. The van der Waals surface area contributed by atoms with E-state index >= 15 is 0 Å². The van der Waals surface area contributed by atoms with Crippen LogP contribution in [-0.2, 0) is 0 Å². The minimum atomic E-state index is -0.424. The molecule has 0 saturated carbocycles. The molecule has 0 saturated heterocycles. The topological polar surface area (TPSA) is 89.8 Å². The minimum absolute atomic E-state index is 0.0413. The van der Waals surface area contributed by atoms with E-state index in [1.54, 1.807) is 12.1 Å². The number of H-pyrrole nitrogens is 1. The normalized spacial score (nSPS) is 12.1. The number of aromatic nitrogens is 2. The zero-order valence-electron chi connectivity index (χ0n) is 9.44. The smallest absolute Gasteiger partial charge is 0.259 e. The molecule has 2 rings (SSSR count). The average Bonchev–Trinajstić information content (AvgIpc) is 2.38. The zero-order valence-corrected chi connectivity index (χ0v) is 11.0. The first-order valence-corrected chi connectivity index (χ1v) is 6.06. The van der Waals surface area contributed by atoms with Gasteiger partial charge in [-0.25, -0.2) is 4.98 Å². The van der Waals surface area contributed by atoms with Gasteiger partial charge in [-0.15, -0.1) is 11.6 Å². The van der Waals surface area contributed by atoms with Crippen LogP contribution in [0.2, 0.25) is 5.02 Å². The summed E-state index contributed by atoms with van der Waals surface area (Å²) in [6, 6.07) is 6.36. The molecule has 2 N–H and O–H groups in total. The molecular formula is C12H7Cl2N3O2. The number of hydrogen-bond acceptors (Lipinski definition) is 4. The van der Waals surface area contributed by atoms with Gasteiger partial charge in [-0.05, 0) is 18.2 Å². The van der Waals surface area contributed by atoms with Crippen LogP contribution in [0.25, 0.3) is 16.5 Å². The van der Waals surface area contributed by atoms with Crippen LogP contribution in [0.5, 0.6) is 0 Å². The van der Waals surface area contributed by atoms with Crippen molar-refractivity contribution >= 4 is 39.7 Å². The monoisotopic (exact) mass is 295 g/mol. The van der Waals surface area contributed by atoms with Gasteiger partial charge in [0, 0.05) is 5.02 Å². The van der Waals surface area contributed by atoms with E-state index in [0.29, 0.717) is 15.9 Å². The van der Waals surface area contributed by atoms with Crippen LogP contribution in [0.3, 0.4) is 0 Å². The molecule has 0 atom stereocenters. The van der Waals surface area contributed by atoms with Crippen molar-refractivity contribution in [2.24, 2.45) is 0 Å². The van der Waals surface area contributed by atoms with E-state index in [2.05, 4.69) is 9.97 Å². The predicted octanol–water partition coefficient (Wildman–Crippen LogP) is 2.61. The van der Waals surface area contributed by atoms with Gasteiger partial charge in [0.2, 0.25) is 0 Å². The van der Waals surface area contributed by atoms with E-state index in [-0.39, 0.29) is 23.0 Å². The molecule has 0 fully saturated rings. The maximum Gasteiger partial charge on any atom is 0.259 e. The Morgan fingerprint density at radius 1 is 1.53 bits per heavy atom. The summed E-state index contributed by atoms with van der Waals surface area (Å²) in [6.45, 7) is 0. The second-order valence-electron chi connectivity index (χ2n) is 3.64. The van der Waals surface area contributed by atoms with Gasteiger partial charge in [-0.3, -0.25) is 4.79 Å². The van der Waals surface area contributed by atoms with E-state index in [1.807, 2.05) is 0 Å². The summed E-state index contributed by atoms with van der Waals surface area (Å²) in [6.07, 6.45) is 0. The van der Waals surface area contributed by atoms with E-state index in [9.17, 15) is 9.90 Å². The van der Waals surface area contributed by atoms with Gasteiger partial charge in [-0.1, -0.05) is 11.6 Å². The molecular weight excluding hydrogens is 289 g/mol. The van der Waals surface area contributed by atoms with E-state index in [1.165, 1.54) is 12.1 Å². The van der Waals surface area contributed by atoms with Crippen LogP contribution in [0.1, 0.15) is 5.82 Å². The number of nitriles is 1. The number of rotatable bonds is 2. The molecule has 0 aliphatic rings. The number of hydrogen-bond donors (Lipinski definition) is 2. The number of nitrogens with one attached hydrogen (secondary N) is 1. The highest BCUT2D eigenvalue weighted by molar-refractivity contribution is 6.31. The average molecular weight is 296 g/mol. The Labute approximate surface area is 117 Å². The first-order chi connectivity index (χ1) is 9.06. The van der Waals surface area contributed by atoms with Crippen LogP contribution >= 0.6 is 23.2 Å². The second kappa shape index (κ2) is 5.31. The number of benzene rings is 1. The highest BCUT2D eigenvalue weighted by Gasteiger charge is 2.12. The molecule has 1 aromatic carbocycles. The Morgan fingerprint density at radius 2 is 2.26 bits per heavy atom. The fourth-order valence-corrected chi connectivity index (χ4v) is 1.85. The van der Waals surface area contributed by atoms with Gasteiger partial charge >= 0.3 is 0 Å². The van der Waals surface area contributed by atoms with Crippen LogP contribution in [0.4, 0.5) is 0 Å². The van der Waals surface area contributed by atoms with E-state index in [0.717, 1.165) is 0 Å². The number of aliphatic hydroxyl groups excluding tert-OH is 1. The molecule has 96 valence electrons. The standard InChI is InChI=1S/C12H7Cl2N3O2/c13-4-10(18)8(5-15)11-16-9-3-6(14)1-2-7(9)12(19)17-11/h1-3,18H,4H2,(H,16,17,19). The van der Waals surface area contributed by atoms with Crippen molar-refractivity contribution in [3.05, 3.63) is 45.2 Å². The molecule has 0 aliphatic heterocycles. The van der Waals surface area contributed by atoms with Crippen molar-refractivity contribution < 1.29 is 5.11 Å². The largest absolute Gasteiger partial charge is 0.510 e. The Hall–Kier alpha value is -2.03. The molecule has 5 nitrogen and oxygen atoms in total. The van der Waals surface area contributed by atoms with Crippen molar-refractivity contribution in [1.29, 1.82) is 5.26 Å². The van der Waals surface area contributed by atoms with Crippen molar-refractivity contribution in [3.63, 3.8) is 0 Å². The molecule has 0 amide bonds. The third-order valence-electron chi connectivity index (χ3n) is 2.43. The molecule has 7 heteroatoms. The first kappa shape index (κ1) is 13.4. The summed E-state index contributed by atoms with van der Waals surface area (Å²) in [5.74, 6) is -0.644. The number of nitrogens with zero attached hydrogens (tertiary/aromatic N) is 2. The second-order valence-corrected chi connectivity index (χ2v) is 4.35. The number of halogens is 2. The highest BCUT2D eigenvalue weighted by Crippen LogP contribution is 2.18. The fourth-order valence-electron chi connectivity index (χ4n) is 1.55. The zero-order chi connectivity index (χ0) is 14.0. The number of fused-ring (bicyclic) bond motifs is 1.